The van der Waals surface area contributed by atoms with Crippen LogP contribution in [0.2, 0.25) is 0 Å². The molecule has 2 atom stereocenters. The molecule has 1 aromatic rings. The van der Waals surface area contributed by atoms with E-state index in [2.05, 4.69) is 52.8 Å². The molecule has 0 fully saturated rings. The number of rotatable bonds is 6. The Kier molecular flexibility index (Phi) is 6.27. The van der Waals surface area contributed by atoms with Gasteiger partial charge in [0.1, 0.15) is 0 Å². The Morgan fingerprint density at radius 2 is 2.27 bits per heavy atom. The molecule has 0 aromatic carbocycles. The van der Waals surface area contributed by atoms with Gasteiger partial charge in [-0.3, -0.25) is 0 Å². The van der Waals surface area contributed by atoms with Crippen LogP contribution >= 0.6 is 39.0 Å². The van der Waals surface area contributed by atoms with Crippen LogP contribution in [0.3, 0.4) is 0 Å². The summed E-state index contributed by atoms with van der Waals surface area (Å²) in [6.45, 7) is 5.61. The van der Waals surface area contributed by atoms with Gasteiger partial charge in [0.15, 0.2) is 0 Å². The lowest BCUT2D eigenvalue weighted by molar-refractivity contribution is 0.505. The molecule has 0 spiro atoms. The fraction of sp³-hybridized carbons (Fsp3) is 0.636. The molecule has 1 aromatic heterocycles. The smallest absolute Gasteiger partial charge is 0.0386 e. The molecule has 1 rings (SSSR count). The van der Waals surface area contributed by atoms with Crippen molar-refractivity contribution in [3.63, 3.8) is 0 Å². The quantitative estimate of drug-likeness (QED) is 0.847. The van der Waals surface area contributed by atoms with Gasteiger partial charge in [-0.05, 0) is 53.4 Å². The number of hydrogen-bond acceptors (Lipinski definition) is 3. The Morgan fingerprint density at radius 3 is 2.80 bits per heavy atom. The predicted molar refractivity (Wildman–Crippen MR) is 76.0 cm³/mol. The third kappa shape index (κ3) is 4.89. The van der Waals surface area contributed by atoms with Crippen molar-refractivity contribution in [3.8, 4) is 0 Å². The summed E-state index contributed by atoms with van der Waals surface area (Å²) in [4.78, 5) is 1.40. The van der Waals surface area contributed by atoms with Crippen molar-refractivity contribution in [2.75, 3.05) is 18.6 Å². The summed E-state index contributed by atoms with van der Waals surface area (Å²) in [5, 5.41) is 5.71. The maximum absolute atomic E-state index is 3.57. The Hall–Kier alpha value is 0.490. The number of halogens is 1. The van der Waals surface area contributed by atoms with Gasteiger partial charge in [0.2, 0.25) is 0 Å². The Labute approximate surface area is 109 Å². The molecule has 15 heavy (non-hydrogen) atoms. The van der Waals surface area contributed by atoms with Crippen LogP contribution in [0.1, 0.15) is 24.8 Å². The average Bonchev–Trinajstić information content (AvgIpc) is 2.62. The second kappa shape index (κ2) is 6.94. The Morgan fingerprint density at radius 1 is 1.53 bits per heavy atom. The van der Waals surface area contributed by atoms with Crippen molar-refractivity contribution >= 4 is 39.0 Å². The first-order chi connectivity index (χ1) is 7.13. The largest absolute Gasteiger partial charge is 0.309 e. The molecule has 0 saturated carbocycles. The number of nitrogens with one attached hydrogen (secondary N) is 1. The van der Waals surface area contributed by atoms with Gasteiger partial charge >= 0.3 is 0 Å². The van der Waals surface area contributed by atoms with Crippen LogP contribution in [0.15, 0.2) is 15.9 Å². The van der Waals surface area contributed by atoms with Crippen molar-refractivity contribution in [2.24, 2.45) is 5.92 Å². The molecule has 0 aliphatic rings. The molecule has 1 N–H and O–H groups in total. The molecule has 0 radical (unpaired) electrons. The third-order valence-corrected chi connectivity index (χ3v) is 5.02. The van der Waals surface area contributed by atoms with Crippen LogP contribution in [-0.4, -0.2) is 18.6 Å². The second-order valence-electron chi connectivity index (χ2n) is 3.86. The van der Waals surface area contributed by atoms with Crippen LogP contribution in [0.4, 0.5) is 0 Å². The second-order valence-corrected chi connectivity index (χ2v) is 6.63. The molecule has 0 saturated heterocycles. The minimum absolute atomic E-state index is 0.464. The van der Waals surface area contributed by atoms with Gasteiger partial charge in [-0.25, -0.2) is 0 Å². The molecule has 1 heterocycles. The normalized spacial score (nSPS) is 15.2. The van der Waals surface area contributed by atoms with Crippen molar-refractivity contribution in [1.82, 2.24) is 5.32 Å². The van der Waals surface area contributed by atoms with E-state index in [1.165, 1.54) is 15.1 Å². The Bertz CT molecular complexity index is 288. The van der Waals surface area contributed by atoms with Crippen LogP contribution < -0.4 is 5.32 Å². The minimum atomic E-state index is 0.464. The van der Waals surface area contributed by atoms with Gasteiger partial charge in [-0.15, -0.1) is 11.3 Å². The van der Waals surface area contributed by atoms with Gasteiger partial charge in [0.05, 0.1) is 0 Å². The van der Waals surface area contributed by atoms with Crippen LogP contribution in [0, 0.1) is 5.92 Å². The SMILES string of the molecule is CSCC(C)CNC(C)c1cc(Br)cs1. The topological polar surface area (TPSA) is 12.0 Å². The standard InChI is InChI=1S/C11H18BrNS2/c1-8(6-14-3)5-13-9(2)11-4-10(12)7-15-11/h4,7-9,13H,5-6H2,1-3H3. The van der Waals surface area contributed by atoms with Gasteiger partial charge < -0.3 is 5.32 Å². The van der Waals surface area contributed by atoms with E-state index in [9.17, 15) is 0 Å². The van der Waals surface area contributed by atoms with E-state index in [1.807, 2.05) is 23.1 Å². The van der Waals surface area contributed by atoms with Gasteiger partial charge in [0.25, 0.3) is 0 Å². The lowest BCUT2D eigenvalue weighted by Crippen LogP contribution is -2.24. The highest BCUT2D eigenvalue weighted by Gasteiger charge is 2.09. The monoisotopic (exact) mass is 307 g/mol. The van der Waals surface area contributed by atoms with E-state index in [4.69, 9.17) is 0 Å². The molecular weight excluding hydrogens is 290 g/mol. The minimum Gasteiger partial charge on any atom is -0.309 e. The van der Waals surface area contributed by atoms with Crippen molar-refractivity contribution in [1.29, 1.82) is 0 Å². The fourth-order valence-electron chi connectivity index (χ4n) is 1.38. The van der Waals surface area contributed by atoms with Gasteiger partial charge in [-0.2, -0.15) is 11.8 Å². The molecule has 2 unspecified atom stereocenters. The first kappa shape index (κ1) is 13.6. The van der Waals surface area contributed by atoms with Crippen LogP contribution in [-0.2, 0) is 0 Å². The predicted octanol–water partition coefficient (Wildman–Crippen LogP) is 4.16. The zero-order valence-electron chi connectivity index (χ0n) is 9.42. The summed E-state index contributed by atoms with van der Waals surface area (Å²) in [6.07, 6.45) is 2.16. The highest BCUT2D eigenvalue weighted by atomic mass is 79.9. The summed E-state index contributed by atoms with van der Waals surface area (Å²) in [6, 6.07) is 2.66. The maximum Gasteiger partial charge on any atom is 0.0386 e. The van der Waals surface area contributed by atoms with E-state index in [0.717, 1.165) is 12.5 Å². The molecule has 0 aliphatic carbocycles. The first-order valence-electron chi connectivity index (χ1n) is 5.09. The first-order valence-corrected chi connectivity index (χ1v) is 8.16. The van der Waals surface area contributed by atoms with Gasteiger partial charge in [-0.1, -0.05) is 6.92 Å². The van der Waals surface area contributed by atoms with Crippen LogP contribution in [0.25, 0.3) is 0 Å². The maximum atomic E-state index is 3.57. The van der Waals surface area contributed by atoms with E-state index >= 15 is 0 Å². The fourth-order valence-corrected chi connectivity index (χ4v) is 3.54. The zero-order chi connectivity index (χ0) is 11.3. The highest BCUT2D eigenvalue weighted by molar-refractivity contribution is 9.10. The summed E-state index contributed by atoms with van der Waals surface area (Å²) in [5.41, 5.74) is 0. The molecule has 0 aliphatic heterocycles. The number of hydrogen-bond donors (Lipinski definition) is 1. The van der Waals surface area contributed by atoms with E-state index in [-0.39, 0.29) is 0 Å². The summed E-state index contributed by atoms with van der Waals surface area (Å²) < 4.78 is 1.19. The van der Waals surface area contributed by atoms with E-state index < -0.39 is 0 Å². The third-order valence-electron chi connectivity index (χ3n) is 2.24. The van der Waals surface area contributed by atoms with Crippen LogP contribution in [0.5, 0.6) is 0 Å². The lowest BCUT2D eigenvalue weighted by Gasteiger charge is -2.15. The molecule has 0 bridgehead atoms. The molecule has 1 nitrogen and oxygen atoms in total. The molecule has 0 amide bonds. The molecule has 86 valence electrons. The van der Waals surface area contributed by atoms with Crippen molar-refractivity contribution in [3.05, 3.63) is 20.8 Å². The molecule has 4 heteroatoms. The summed E-state index contributed by atoms with van der Waals surface area (Å²) >= 11 is 7.21. The van der Waals surface area contributed by atoms with E-state index in [1.54, 1.807) is 0 Å². The van der Waals surface area contributed by atoms with Gasteiger partial charge in [0, 0.05) is 20.8 Å². The summed E-state index contributed by atoms with van der Waals surface area (Å²) in [5.74, 6) is 1.97. The highest BCUT2D eigenvalue weighted by Crippen LogP contribution is 2.25. The van der Waals surface area contributed by atoms with E-state index in [0.29, 0.717) is 6.04 Å². The molecular formula is C11H18BrNS2. The average molecular weight is 308 g/mol. The zero-order valence-corrected chi connectivity index (χ0v) is 12.6. The van der Waals surface area contributed by atoms with Crippen molar-refractivity contribution in [2.45, 2.75) is 19.9 Å². The van der Waals surface area contributed by atoms with Crippen molar-refractivity contribution < 1.29 is 0 Å². The number of thiophene rings is 1. The summed E-state index contributed by atoms with van der Waals surface area (Å²) in [7, 11) is 0. The number of thioether (sulfide) groups is 1. The lowest BCUT2D eigenvalue weighted by atomic mass is 10.2. The Balaban J connectivity index is 2.33.